The third-order valence-corrected chi connectivity index (χ3v) is 4.53. The molecule has 1 N–H and O–H groups in total. The Morgan fingerprint density at radius 3 is 2.77 bits per heavy atom. The van der Waals surface area contributed by atoms with E-state index in [1.807, 2.05) is 25.1 Å². The Balaban J connectivity index is 1.47. The van der Waals surface area contributed by atoms with Crippen molar-refractivity contribution in [3.8, 4) is 0 Å². The molecular formula is C17H18N4O4S. The number of nitrogens with one attached hydrogen (secondary N) is 1. The van der Waals surface area contributed by atoms with Gasteiger partial charge in [-0.3, -0.25) is 14.3 Å². The average Bonchev–Trinajstić information content (AvgIpc) is 3.14. The molecule has 8 nitrogen and oxygen atoms in total. The number of nitrogens with zero attached hydrogens (tertiary/aromatic N) is 3. The number of hydrogen-bond acceptors (Lipinski definition) is 7. The van der Waals surface area contributed by atoms with Gasteiger partial charge in [0.2, 0.25) is 0 Å². The summed E-state index contributed by atoms with van der Waals surface area (Å²) in [5.41, 5.74) is 3.55. The van der Waals surface area contributed by atoms with E-state index in [1.54, 1.807) is 24.7 Å². The molecule has 3 rings (SSSR count). The zero-order valence-corrected chi connectivity index (χ0v) is 15.4. The number of aryl methyl sites for hydroxylation is 2. The van der Waals surface area contributed by atoms with Crippen LogP contribution in [0.5, 0.6) is 0 Å². The van der Waals surface area contributed by atoms with E-state index in [2.05, 4.69) is 15.4 Å². The van der Waals surface area contributed by atoms with Crippen LogP contribution in [0.15, 0.2) is 33.9 Å². The molecule has 1 amide bonds. The van der Waals surface area contributed by atoms with Crippen LogP contribution in [0.25, 0.3) is 11.1 Å². The quantitative estimate of drug-likeness (QED) is 0.522. The summed E-state index contributed by atoms with van der Waals surface area (Å²) in [7, 11) is 1.79. The van der Waals surface area contributed by atoms with Crippen molar-refractivity contribution in [1.82, 2.24) is 14.8 Å². The lowest BCUT2D eigenvalue weighted by atomic mass is 10.3. The normalized spacial score (nSPS) is 10.9. The molecule has 26 heavy (non-hydrogen) atoms. The minimum atomic E-state index is -0.521. The van der Waals surface area contributed by atoms with Crippen molar-refractivity contribution in [2.75, 3.05) is 17.7 Å². The molecule has 0 unspecified atom stereocenters. The van der Waals surface area contributed by atoms with Gasteiger partial charge in [-0.05, 0) is 26.0 Å². The number of carbonyl (C=O) groups is 2. The Hall–Kier alpha value is -2.81. The number of fused-ring (bicyclic) bond motifs is 1. The standard InChI is InChI=1S/C17H18N4O4S/c1-10-16(11(2)21(3)20-10)19-14(22)8-24-15(23)9-26-17-18-12-6-4-5-7-13(12)25-17/h4-7H,8-9H2,1-3H3,(H,19,22). The third-order valence-electron chi connectivity index (χ3n) is 3.73. The molecular weight excluding hydrogens is 356 g/mol. The van der Waals surface area contributed by atoms with E-state index in [-0.39, 0.29) is 12.4 Å². The highest BCUT2D eigenvalue weighted by molar-refractivity contribution is 7.99. The van der Waals surface area contributed by atoms with Gasteiger partial charge in [0, 0.05) is 7.05 Å². The summed E-state index contributed by atoms with van der Waals surface area (Å²) < 4.78 is 12.2. The van der Waals surface area contributed by atoms with Crippen molar-refractivity contribution in [1.29, 1.82) is 0 Å². The fraction of sp³-hybridized carbons (Fsp3) is 0.294. The van der Waals surface area contributed by atoms with Gasteiger partial charge in [-0.1, -0.05) is 23.9 Å². The number of carbonyl (C=O) groups excluding carboxylic acids is 2. The topological polar surface area (TPSA) is 99.2 Å². The smallest absolute Gasteiger partial charge is 0.316 e. The van der Waals surface area contributed by atoms with Crippen LogP contribution in [0.2, 0.25) is 0 Å². The fourth-order valence-electron chi connectivity index (χ4n) is 2.35. The Labute approximate surface area is 153 Å². The van der Waals surface area contributed by atoms with Crippen LogP contribution >= 0.6 is 11.8 Å². The summed E-state index contributed by atoms with van der Waals surface area (Å²) in [6.07, 6.45) is 0. The molecule has 9 heteroatoms. The summed E-state index contributed by atoms with van der Waals surface area (Å²) in [5.74, 6) is -0.929. The highest BCUT2D eigenvalue weighted by atomic mass is 32.2. The molecule has 0 aliphatic heterocycles. The number of esters is 1. The maximum Gasteiger partial charge on any atom is 0.316 e. The van der Waals surface area contributed by atoms with Crippen molar-refractivity contribution in [2.24, 2.45) is 7.05 Å². The number of para-hydroxylation sites is 2. The Kier molecular flexibility index (Phi) is 5.27. The summed E-state index contributed by atoms with van der Waals surface area (Å²) in [6.45, 7) is 3.28. The van der Waals surface area contributed by atoms with E-state index in [1.165, 1.54) is 0 Å². The number of benzene rings is 1. The van der Waals surface area contributed by atoms with Crippen LogP contribution in [-0.4, -0.2) is 39.0 Å². The second kappa shape index (κ2) is 7.61. The molecule has 0 spiro atoms. The molecule has 2 aromatic heterocycles. The predicted molar refractivity (Wildman–Crippen MR) is 97.0 cm³/mol. The van der Waals surface area contributed by atoms with Crippen LogP contribution in [0.3, 0.4) is 0 Å². The van der Waals surface area contributed by atoms with Gasteiger partial charge < -0.3 is 14.5 Å². The lowest BCUT2D eigenvalue weighted by Crippen LogP contribution is -2.22. The first-order valence-electron chi connectivity index (χ1n) is 7.88. The Morgan fingerprint density at radius 1 is 1.31 bits per heavy atom. The molecule has 0 bridgehead atoms. The van der Waals surface area contributed by atoms with Crippen LogP contribution in [-0.2, 0) is 21.4 Å². The van der Waals surface area contributed by atoms with Crippen molar-refractivity contribution in [3.63, 3.8) is 0 Å². The van der Waals surface area contributed by atoms with E-state index in [0.717, 1.165) is 23.0 Å². The van der Waals surface area contributed by atoms with Gasteiger partial charge in [0.1, 0.15) is 11.3 Å². The zero-order valence-electron chi connectivity index (χ0n) is 14.6. The first kappa shape index (κ1) is 18.0. The molecule has 0 atom stereocenters. The van der Waals surface area contributed by atoms with E-state index in [4.69, 9.17) is 9.15 Å². The Morgan fingerprint density at radius 2 is 2.08 bits per heavy atom. The minimum Gasteiger partial charge on any atom is -0.455 e. The van der Waals surface area contributed by atoms with Crippen LogP contribution in [0.1, 0.15) is 11.4 Å². The molecule has 0 saturated heterocycles. The minimum absolute atomic E-state index is 0.00501. The fourth-order valence-corrected chi connectivity index (χ4v) is 2.99. The van der Waals surface area contributed by atoms with Crippen molar-refractivity contribution < 1.29 is 18.7 Å². The molecule has 136 valence electrons. The van der Waals surface area contributed by atoms with E-state index >= 15 is 0 Å². The summed E-state index contributed by atoms with van der Waals surface area (Å²) >= 11 is 1.12. The van der Waals surface area contributed by atoms with Crippen molar-refractivity contribution >= 4 is 40.4 Å². The van der Waals surface area contributed by atoms with Gasteiger partial charge in [0.05, 0.1) is 17.1 Å². The SMILES string of the molecule is Cc1nn(C)c(C)c1NC(=O)COC(=O)CSc1nc2ccccc2o1. The largest absolute Gasteiger partial charge is 0.455 e. The maximum absolute atomic E-state index is 12.0. The Bertz CT molecular complexity index is 930. The predicted octanol–water partition coefficient (Wildman–Crippen LogP) is 2.45. The molecule has 0 aliphatic rings. The van der Waals surface area contributed by atoms with Gasteiger partial charge in [-0.15, -0.1) is 0 Å². The van der Waals surface area contributed by atoms with Gasteiger partial charge in [0.15, 0.2) is 12.2 Å². The number of amides is 1. The van der Waals surface area contributed by atoms with Gasteiger partial charge >= 0.3 is 5.97 Å². The van der Waals surface area contributed by atoms with E-state index in [0.29, 0.717) is 22.2 Å². The summed E-state index contributed by atoms with van der Waals surface area (Å²) in [4.78, 5) is 28.0. The van der Waals surface area contributed by atoms with Crippen LogP contribution in [0, 0.1) is 13.8 Å². The molecule has 3 aromatic rings. The lowest BCUT2D eigenvalue weighted by molar-refractivity contribution is -0.144. The van der Waals surface area contributed by atoms with Gasteiger partial charge in [-0.25, -0.2) is 4.98 Å². The number of hydrogen-bond donors (Lipinski definition) is 1. The molecule has 2 heterocycles. The first-order chi connectivity index (χ1) is 12.4. The maximum atomic E-state index is 12.0. The van der Waals surface area contributed by atoms with Crippen LogP contribution in [0.4, 0.5) is 5.69 Å². The number of oxazole rings is 1. The van der Waals surface area contributed by atoms with Gasteiger partial charge in [0.25, 0.3) is 11.1 Å². The second-order valence-electron chi connectivity index (χ2n) is 5.61. The average molecular weight is 374 g/mol. The highest BCUT2D eigenvalue weighted by Gasteiger charge is 2.15. The van der Waals surface area contributed by atoms with E-state index < -0.39 is 11.9 Å². The third kappa shape index (κ3) is 4.05. The zero-order chi connectivity index (χ0) is 18.7. The summed E-state index contributed by atoms with van der Waals surface area (Å²) in [6, 6.07) is 7.34. The molecule has 0 aliphatic carbocycles. The number of rotatable bonds is 6. The summed E-state index contributed by atoms with van der Waals surface area (Å²) in [5, 5.41) is 7.31. The molecule has 0 radical (unpaired) electrons. The second-order valence-corrected chi connectivity index (χ2v) is 6.54. The van der Waals surface area contributed by atoms with E-state index in [9.17, 15) is 9.59 Å². The number of thioether (sulfide) groups is 1. The number of ether oxygens (including phenoxy) is 1. The first-order valence-corrected chi connectivity index (χ1v) is 8.86. The monoisotopic (exact) mass is 374 g/mol. The lowest BCUT2D eigenvalue weighted by Gasteiger charge is -2.06. The van der Waals surface area contributed by atoms with Crippen molar-refractivity contribution in [2.45, 2.75) is 19.1 Å². The highest BCUT2D eigenvalue weighted by Crippen LogP contribution is 2.23. The molecule has 1 aromatic carbocycles. The molecule has 0 fully saturated rings. The van der Waals surface area contributed by atoms with Crippen molar-refractivity contribution in [3.05, 3.63) is 35.7 Å². The number of aromatic nitrogens is 3. The van der Waals surface area contributed by atoms with Crippen LogP contribution < -0.4 is 5.32 Å². The molecule has 0 saturated carbocycles. The number of anilines is 1. The van der Waals surface area contributed by atoms with Gasteiger partial charge in [-0.2, -0.15) is 5.10 Å².